The minimum absolute atomic E-state index is 0.159. The lowest BCUT2D eigenvalue weighted by molar-refractivity contribution is -0.141. The molecule has 1 aliphatic rings. The molecule has 0 fully saturated rings. The number of anilines is 1. The molecule has 20 heavy (non-hydrogen) atoms. The van der Waals surface area contributed by atoms with Gasteiger partial charge in [0.1, 0.15) is 11.6 Å². The molecule has 0 aliphatic carbocycles. The van der Waals surface area contributed by atoms with Crippen molar-refractivity contribution in [3.8, 4) is 0 Å². The van der Waals surface area contributed by atoms with Crippen molar-refractivity contribution in [3.63, 3.8) is 0 Å². The van der Waals surface area contributed by atoms with Crippen molar-refractivity contribution in [1.82, 2.24) is 19.5 Å². The molecule has 0 unspecified atom stereocenters. The second-order valence-electron chi connectivity index (χ2n) is 4.34. The third kappa shape index (κ3) is 2.43. The predicted octanol–water partition coefficient (Wildman–Crippen LogP) is 2.37. The molecule has 3 heterocycles. The first-order chi connectivity index (χ1) is 9.43. The average Bonchev–Trinajstić information content (AvgIpc) is 2.84. The van der Waals surface area contributed by atoms with Crippen molar-refractivity contribution in [2.45, 2.75) is 19.3 Å². The van der Waals surface area contributed by atoms with Crippen LogP contribution < -0.4 is 4.90 Å². The van der Waals surface area contributed by atoms with Crippen LogP contribution in [0.3, 0.4) is 0 Å². The highest BCUT2D eigenvalue weighted by Crippen LogP contribution is 2.31. The molecule has 0 aromatic carbocycles. The van der Waals surface area contributed by atoms with Gasteiger partial charge in [-0.2, -0.15) is 13.2 Å². The molecule has 0 saturated carbocycles. The third-order valence-electron chi connectivity index (χ3n) is 3.04. The molecule has 3 rings (SSSR count). The first kappa shape index (κ1) is 13.2. The Bertz CT molecular complexity index is 639. The van der Waals surface area contributed by atoms with Crippen LogP contribution in [0, 0.1) is 0 Å². The summed E-state index contributed by atoms with van der Waals surface area (Å²) in [6.45, 7) is 1.56. The smallest absolute Gasteiger partial charge is 0.347 e. The molecule has 5 nitrogen and oxygen atoms in total. The standard InChI is InChI=1S/C11H9ClF3N5/c12-10-17-7(11(13,14)15)5-8(18-10)20-4-3-19-2-1-16-9(19)6-20/h1-2,5H,3-4,6H2. The third-order valence-corrected chi connectivity index (χ3v) is 3.21. The SMILES string of the molecule is FC(F)(F)c1cc(N2CCn3ccnc3C2)nc(Cl)n1. The van der Waals surface area contributed by atoms with E-state index in [9.17, 15) is 13.2 Å². The maximum atomic E-state index is 12.7. The quantitative estimate of drug-likeness (QED) is 0.759. The molecule has 9 heteroatoms. The van der Waals surface area contributed by atoms with Gasteiger partial charge in [0, 0.05) is 31.5 Å². The van der Waals surface area contributed by atoms with Gasteiger partial charge in [-0.3, -0.25) is 0 Å². The van der Waals surface area contributed by atoms with E-state index in [1.54, 1.807) is 11.1 Å². The number of hydrogen-bond acceptors (Lipinski definition) is 4. The lowest BCUT2D eigenvalue weighted by Gasteiger charge is -2.28. The Morgan fingerprint density at radius 3 is 2.75 bits per heavy atom. The molecule has 2 aromatic heterocycles. The first-order valence-electron chi connectivity index (χ1n) is 5.80. The maximum absolute atomic E-state index is 12.7. The summed E-state index contributed by atoms with van der Waals surface area (Å²) in [5, 5.41) is -0.413. The summed E-state index contributed by atoms with van der Waals surface area (Å²) in [6, 6.07) is 0.907. The van der Waals surface area contributed by atoms with Crippen LogP contribution in [-0.2, 0) is 19.3 Å². The number of imidazole rings is 1. The van der Waals surface area contributed by atoms with E-state index in [2.05, 4.69) is 15.0 Å². The fourth-order valence-electron chi connectivity index (χ4n) is 2.08. The summed E-state index contributed by atoms with van der Waals surface area (Å²) in [4.78, 5) is 12.9. The van der Waals surface area contributed by atoms with Crippen LogP contribution in [0.5, 0.6) is 0 Å². The van der Waals surface area contributed by atoms with Gasteiger partial charge in [0.15, 0.2) is 5.69 Å². The number of halogens is 4. The fourth-order valence-corrected chi connectivity index (χ4v) is 2.26. The normalized spacial score (nSPS) is 15.3. The van der Waals surface area contributed by atoms with E-state index in [1.165, 1.54) is 0 Å². The summed E-state index contributed by atoms with van der Waals surface area (Å²) >= 11 is 5.58. The molecular weight excluding hydrogens is 295 g/mol. The van der Waals surface area contributed by atoms with E-state index in [1.807, 2.05) is 10.8 Å². The number of nitrogens with zero attached hydrogens (tertiary/aromatic N) is 5. The Labute approximate surface area is 117 Å². The molecular formula is C11H9ClF3N5. The van der Waals surface area contributed by atoms with Gasteiger partial charge < -0.3 is 9.47 Å². The molecule has 0 amide bonds. The zero-order chi connectivity index (χ0) is 14.3. The minimum atomic E-state index is -4.55. The van der Waals surface area contributed by atoms with Crippen molar-refractivity contribution >= 4 is 17.4 Å². The van der Waals surface area contributed by atoms with Gasteiger partial charge in [-0.05, 0) is 11.6 Å². The summed E-state index contributed by atoms with van der Waals surface area (Å²) in [5.74, 6) is 0.936. The second-order valence-corrected chi connectivity index (χ2v) is 4.67. The van der Waals surface area contributed by atoms with Crippen LogP contribution in [0.1, 0.15) is 11.5 Å². The number of fused-ring (bicyclic) bond motifs is 1. The average molecular weight is 304 g/mol. The summed E-state index contributed by atoms with van der Waals surface area (Å²) in [6.07, 6.45) is -1.05. The van der Waals surface area contributed by atoms with Crippen LogP contribution in [0.4, 0.5) is 19.0 Å². The van der Waals surface area contributed by atoms with Crippen LogP contribution >= 0.6 is 11.6 Å². The molecule has 0 radical (unpaired) electrons. The van der Waals surface area contributed by atoms with Gasteiger partial charge in [-0.1, -0.05) is 0 Å². The highest BCUT2D eigenvalue weighted by atomic mass is 35.5. The van der Waals surface area contributed by atoms with Crippen molar-refractivity contribution in [3.05, 3.63) is 35.3 Å². The zero-order valence-electron chi connectivity index (χ0n) is 10.1. The molecule has 0 bridgehead atoms. The van der Waals surface area contributed by atoms with E-state index < -0.39 is 17.2 Å². The van der Waals surface area contributed by atoms with Crippen molar-refractivity contribution in [1.29, 1.82) is 0 Å². The molecule has 2 aromatic rings. The molecule has 0 spiro atoms. The number of aromatic nitrogens is 4. The lowest BCUT2D eigenvalue weighted by Crippen LogP contribution is -2.34. The van der Waals surface area contributed by atoms with Gasteiger partial charge in [0.2, 0.25) is 5.28 Å². The maximum Gasteiger partial charge on any atom is 0.433 e. The molecule has 0 saturated heterocycles. The highest BCUT2D eigenvalue weighted by molar-refractivity contribution is 6.28. The Balaban J connectivity index is 1.93. The topological polar surface area (TPSA) is 46.8 Å². The van der Waals surface area contributed by atoms with Gasteiger partial charge in [-0.25, -0.2) is 15.0 Å². The van der Waals surface area contributed by atoms with Gasteiger partial charge in [0.05, 0.1) is 6.54 Å². The van der Waals surface area contributed by atoms with Crippen molar-refractivity contribution in [2.75, 3.05) is 11.4 Å². The van der Waals surface area contributed by atoms with Gasteiger partial charge in [0.25, 0.3) is 0 Å². The summed E-state index contributed by atoms with van der Waals surface area (Å²) in [7, 11) is 0. The van der Waals surface area contributed by atoms with Crippen molar-refractivity contribution in [2.24, 2.45) is 0 Å². The first-order valence-corrected chi connectivity index (χ1v) is 6.18. The summed E-state index contributed by atoms with van der Waals surface area (Å²) < 4.78 is 40.1. The van der Waals surface area contributed by atoms with E-state index in [0.29, 0.717) is 19.6 Å². The van der Waals surface area contributed by atoms with E-state index in [-0.39, 0.29) is 5.82 Å². The highest BCUT2D eigenvalue weighted by Gasteiger charge is 2.34. The van der Waals surface area contributed by atoms with Gasteiger partial charge in [-0.15, -0.1) is 0 Å². The van der Waals surface area contributed by atoms with Crippen LogP contribution in [0.15, 0.2) is 18.5 Å². The number of alkyl halides is 3. The monoisotopic (exact) mass is 303 g/mol. The van der Waals surface area contributed by atoms with Crippen LogP contribution in [0.25, 0.3) is 0 Å². The molecule has 0 N–H and O–H groups in total. The molecule has 1 aliphatic heterocycles. The Morgan fingerprint density at radius 1 is 1.20 bits per heavy atom. The van der Waals surface area contributed by atoms with Crippen LogP contribution in [0.2, 0.25) is 5.28 Å². The largest absolute Gasteiger partial charge is 0.433 e. The molecule has 106 valence electrons. The molecule has 0 atom stereocenters. The zero-order valence-corrected chi connectivity index (χ0v) is 10.9. The fraction of sp³-hybridized carbons (Fsp3) is 0.364. The Morgan fingerprint density at radius 2 is 2.00 bits per heavy atom. The number of hydrogen-bond donors (Lipinski definition) is 0. The van der Waals surface area contributed by atoms with E-state index in [0.717, 1.165) is 11.9 Å². The second kappa shape index (κ2) is 4.62. The Kier molecular flexibility index (Phi) is 3.04. The number of rotatable bonds is 1. The Hall–Kier alpha value is -1.83. The lowest BCUT2D eigenvalue weighted by atomic mass is 10.3. The summed E-state index contributed by atoms with van der Waals surface area (Å²) in [5.41, 5.74) is -1.04. The minimum Gasteiger partial charge on any atom is -0.347 e. The van der Waals surface area contributed by atoms with E-state index >= 15 is 0 Å². The van der Waals surface area contributed by atoms with Gasteiger partial charge >= 0.3 is 6.18 Å². The van der Waals surface area contributed by atoms with E-state index in [4.69, 9.17) is 11.6 Å². The van der Waals surface area contributed by atoms with Crippen molar-refractivity contribution < 1.29 is 13.2 Å². The predicted molar refractivity (Wildman–Crippen MR) is 65.3 cm³/mol. The van der Waals surface area contributed by atoms with Crippen LogP contribution in [-0.4, -0.2) is 26.1 Å².